The van der Waals surface area contributed by atoms with E-state index in [1.54, 1.807) is 18.9 Å². The number of aromatic carboxylic acids is 1. The Morgan fingerprint density at radius 3 is 2.82 bits per heavy atom. The van der Waals surface area contributed by atoms with Gasteiger partial charge in [-0.05, 0) is 13.3 Å². The number of amides is 1. The lowest BCUT2D eigenvalue weighted by Crippen LogP contribution is -2.23. The molecule has 92 valence electrons. The third-order valence-electron chi connectivity index (χ3n) is 2.59. The maximum Gasteiger partial charge on any atom is 0.347 e. The topological polar surface area (TPSA) is 70.5 Å². The number of carbonyl (C=O) groups excluding carboxylic acids is 1. The van der Waals surface area contributed by atoms with Crippen LogP contribution in [0.15, 0.2) is 4.34 Å². The van der Waals surface area contributed by atoms with Crippen LogP contribution < -0.4 is 0 Å². The second-order valence-electron chi connectivity index (χ2n) is 3.85. The minimum Gasteiger partial charge on any atom is -0.477 e. The second kappa shape index (κ2) is 4.66. The standard InChI is InChI=1S/C10H12N2O3S2/c1-5-7(9(14)15)17-10(11-5)16-6-3-4-12(2)8(6)13/h6H,3-4H2,1-2H3,(H,14,15). The first kappa shape index (κ1) is 12.4. The predicted octanol–water partition coefficient (Wildman–Crippen LogP) is 1.47. The third kappa shape index (κ3) is 2.44. The summed E-state index contributed by atoms with van der Waals surface area (Å²) in [4.78, 5) is 28.7. The number of hydrogen-bond acceptors (Lipinski definition) is 5. The Morgan fingerprint density at radius 2 is 2.35 bits per heavy atom. The number of nitrogens with zero attached hydrogens (tertiary/aromatic N) is 2. The number of carbonyl (C=O) groups is 2. The smallest absolute Gasteiger partial charge is 0.347 e. The lowest BCUT2D eigenvalue weighted by atomic mass is 10.4. The highest BCUT2D eigenvalue weighted by Gasteiger charge is 2.31. The molecule has 0 aromatic carbocycles. The van der Waals surface area contributed by atoms with Gasteiger partial charge in [0.25, 0.3) is 0 Å². The van der Waals surface area contributed by atoms with Gasteiger partial charge in [-0.15, -0.1) is 11.3 Å². The van der Waals surface area contributed by atoms with Crippen LogP contribution in [0.4, 0.5) is 0 Å². The summed E-state index contributed by atoms with van der Waals surface area (Å²) in [5.74, 6) is -0.860. The fraction of sp³-hybridized carbons (Fsp3) is 0.500. The van der Waals surface area contributed by atoms with Gasteiger partial charge in [-0.3, -0.25) is 4.79 Å². The molecule has 1 aliphatic rings. The van der Waals surface area contributed by atoms with Crippen LogP contribution >= 0.6 is 23.1 Å². The molecule has 1 saturated heterocycles. The van der Waals surface area contributed by atoms with Crippen LogP contribution in [0.3, 0.4) is 0 Å². The Balaban J connectivity index is 2.12. The molecular formula is C10H12N2O3S2. The Morgan fingerprint density at radius 1 is 1.65 bits per heavy atom. The van der Waals surface area contributed by atoms with Crippen LogP contribution in [0.1, 0.15) is 21.8 Å². The van der Waals surface area contributed by atoms with Crippen molar-refractivity contribution >= 4 is 35.0 Å². The summed E-state index contributed by atoms with van der Waals surface area (Å²) in [5, 5.41) is 8.80. The van der Waals surface area contributed by atoms with Crippen molar-refractivity contribution in [3.63, 3.8) is 0 Å². The Labute approximate surface area is 107 Å². The molecule has 1 aromatic heterocycles. The predicted molar refractivity (Wildman–Crippen MR) is 65.7 cm³/mol. The molecule has 0 aliphatic carbocycles. The van der Waals surface area contributed by atoms with Gasteiger partial charge in [0.1, 0.15) is 4.88 Å². The molecule has 1 fully saturated rings. The molecule has 1 N–H and O–H groups in total. The third-order valence-corrected chi connectivity index (χ3v) is 5.09. The van der Waals surface area contributed by atoms with Gasteiger partial charge < -0.3 is 10.0 Å². The van der Waals surface area contributed by atoms with E-state index < -0.39 is 5.97 Å². The van der Waals surface area contributed by atoms with Gasteiger partial charge in [-0.1, -0.05) is 11.8 Å². The molecule has 1 aromatic rings. The zero-order valence-electron chi connectivity index (χ0n) is 9.47. The van der Waals surface area contributed by atoms with Gasteiger partial charge in [0.2, 0.25) is 5.91 Å². The lowest BCUT2D eigenvalue weighted by Gasteiger charge is -2.07. The average molecular weight is 272 g/mol. The van der Waals surface area contributed by atoms with Crippen molar-refractivity contribution in [3.05, 3.63) is 10.6 Å². The van der Waals surface area contributed by atoms with Gasteiger partial charge in [-0.25, -0.2) is 9.78 Å². The molecule has 0 spiro atoms. The summed E-state index contributed by atoms with van der Waals surface area (Å²) in [6.07, 6.45) is 0.793. The first-order chi connectivity index (χ1) is 7.99. The molecule has 0 saturated carbocycles. The molecule has 1 atom stereocenters. The Bertz CT molecular complexity index is 472. The monoisotopic (exact) mass is 272 g/mol. The molecule has 1 unspecified atom stereocenters. The van der Waals surface area contributed by atoms with E-state index in [4.69, 9.17) is 5.11 Å². The number of carboxylic acids is 1. The first-order valence-corrected chi connectivity index (χ1v) is 6.81. The molecular weight excluding hydrogens is 260 g/mol. The molecule has 1 aliphatic heterocycles. The maximum atomic E-state index is 11.7. The van der Waals surface area contributed by atoms with Crippen molar-refractivity contribution in [1.29, 1.82) is 0 Å². The van der Waals surface area contributed by atoms with E-state index in [0.717, 1.165) is 24.3 Å². The van der Waals surface area contributed by atoms with Crippen molar-refractivity contribution in [3.8, 4) is 0 Å². The van der Waals surface area contributed by atoms with Gasteiger partial charge in [0.15, 0.2) is 4.34 Å². The summed E-state index contributed by atoms with van der Waals surface area (Å²) in [6, 6.07) is 0. The van der Waals surface area contributed by atoms with Crippen LogP contribution in [0, 0.1) is 6.92 Å². The number of aryl methyl sites for hydroxylation is 1. The van der Waals surface area contributed by atoms with Crippen molar-refractivity contribution in [2.24, 2.45) is 0 Å². The van der Waals surface area contributed by atoms with Crippen LogP contribution in [-0.4, -0.2) is 45.7 Å². The number of hydrogen-bond donors (Lipinski definition) is 1. The van der Waals surface area contributed by atoms with E-state index in [0.29, 0.717) is 10.0 Å². The number of likely N-dealkylation sites (tertiary alicyclic amines) is 1. The molecule has 2 rings (SSSR count). The molecule has 0 bridgehead atoms. The number of aromatic nitrogens is 1. The fourth-order valence-corrected chi connectivity index (χ4v) is 4.01. The number of thiazole rings is 1. The Kier molecular flexibility index (Phi) is 3.39. The fourth-order valence-electron chi connectivity index (χ4n) is 1.64. The van der Waals surface area contributed by atoms with Gasteiger partial charge in [0.05, 0.1) is 10.9 Å². The molecule has 17 heavy (non-hydrogen) atoms. The van der Waals surface area contributed by atoms with Gasteiger partial charge in [-0.2, -0.15) is 0 Å². The SMILES string of the molecule is Cc1nc(SC2CCN(C)C2=O)sc1C(=O)O. The van der Waals surface area contributed by atoms with E-state index in [1.807, 2.05) is 0 Å². The average Bonchev–Trinajstić information content (AvgIpc) is 2.76. The highest BCUT2D eigenvalue weighted by atomic mass is 32.2. The van der Waals surface area contributed by atoms with Gasteiger partial charge in [0, 0.05) is 13.6 Å². The van der Waals surface area contributed by atoms with Crippen LogP contribution in [0.5, 0.6) is 0 Å². The summed E-state index contributed by atoms with van der Waals surface area (Å²) in [7, 11) is 1.78. The van der Waals surface area contributed by atoms with Crippen LogP contribution in [0.2, 0.25) is 0 Å². The lowest BCUT2D eigenvalue weighted by molar-refractivity contribution is -0.126. The van der Waals surface area contributed by atoms with Crippen LogP contribution in [0.25, 0.3) is 0 Å². The van der Waals surface area contributed by atoms with Crippen molar-refractivity contribution < 1.29 is 14.7 Å². The van der Waals surface area contributed by atoms with E-state index >= 15 is 0 Å². The maximum absolute atomic E-state index is 11.7. The van der Waals surface area contributed by atoms with Crippen molar-refractivity contribution in [1.82, 2.24) is 9.88 Å². The number of thioether (sulfide) groups is 1. The number of carboxylic acid groups (broad SMARTS) is 1. The summed E-state index contributed by atoms with van der Waals surface area (Å²) in [5.41, 5.74) is 0.517. The summed E-state index contributed by atoms with van der Waals surface area (Å²) >= 11 is 2.51. The summed E-state index contributed by atoms with van der Waals surface area (Å²) < 4.78 is 0.661. The normalized spacial score (nSPS) is 20.0. The quantitative estimate of drug-likeness (QED) is 0.902. The van der Waals surface area contributed by atoms with Crippen molar-refractivity contribution in [2.45, 2.75) is 22.9 Å². The molecule has 7 heteroatoms. The Hall–Kier alpha value is -1.08. The van der Waals surface area contributed by atoms with Crippen molar-refractivity contribution in [2.75, 3.05) is 13.6 Å². The highest BCUT2D eigenvalue weighted by molar-refractivity contribution is 8.02. The zero-order chi connectivity index (χ0) is 12.6. The number of rotatable bonds is 3. The molecule has 2 heterocycles. The van der Waals surface area contributed by atoms with Gasteiger partial charge >= 0.3 is 5.97 Å². The minimum atomic E-state index is -0.957. The largest absolute Gasteiger partial charge is 0.477 e. The van der Waals surface area contributed by atoms with E-state index in [9.17, 15) is 9.59 Å². The highest BCUT2D eigenvalue weighted by Crippen LogP contribution is 2.34. The zero-order valence-corrected chi connectivity index (χ0v) is 11.1. The van der Waals surface area contributed by atoms with E-state index in [1.165, 1.54) is 11.8 Å². The van der Waals surface area contributed by atoms with E-state index in [2.05, 4.69) is 4.98 Å². The van der Waals surface area contributed by atoms with Crippen LogP contribution in [-0.2, 0) is 4.79 Å². The van der Waals surface area contributed by atoms with E-state index in [-0.39, 0.29) is 16.0 Å². The molecule has 0 radical (unpaired) electrons. The molecule has 1 amide bonds. The summed E-state index contributed by atoms with van der Waals surface area (Å²) in [6.45, 7) is 2.43. The first-order valence-electron chi connectivity index (χ1n) is 5.11. The minimum absolute atomic E-state index is 0.0970. The molecule has 5 nitrogen and oxygen atoms in total. The second-order valence-corrected chi connectivity index (χ2v) is 6.30.